The van der Waals surface area contributed by atoms with Crippen LogP contribution in [0.4, 0.5) is 14.5 Å². The van der Waals surface area contributed by atoms with E-state index in [-0.39, 0.29) is 37.6 Å². The van der Waals surface area contributed by atoms with Gasteiger partial charge in [0.25, 0.3) is 11.8 Å². The SMILES string of the molecule is CN1CCC(n2ncc3c4c(c(CC5CCC5)nc32)C(=O)NCc2c-4ccc3c2OCC(=O)N3Cc2ccc(F)c(F)c2)CC1. The first kappa shape index (κ1) is 28.1. The second-order valence-electron chi connectivity index (χ2n) is 12.8. The topological polar surface area (TPSA) is 92.6 Å². The second-order valence-corrected chi connectivity index (χ2v) is 12.8. The van der Waals surface area contributed by atoms with Crippen LogP contribution in [0.25, 0.3) is 22.2 Å². The Labute approximate surface area is 259 Å². The molecular weight excluding hydrogens is 578 g/mol. The van der Waals surface area contributed by atoms with Crippen LogP contribution in [-0.2, 0) is 24.3 Å². The van der Waals surface area contributed by atoms with Gasteiger partial charge in [0.2, 0.25) is 0 Å². The van der Waals surface area contributed by atoms with Crippen molar-refractivity contribution in [1.82, 2.24) is 25.0 Å². The number of fused-ring (bicyclic) bond motifs is 7. The van der Waals surface area contributed by atoms with E-state index in [1.807, 2.05) is 18.3 Å². The van der Waals surface area contributed by atoms with Crippen molar-refractivity contribution in [2.75, 3.05) is 31.6 Å². The van der Waals surface area contributed by atoms with Gasteiger partial charge in [0.05, 0.1) is 35.7 Å². The Morgan fingerprint density at radius 2 is 1.84 bits per heavy atom. The number of nitrogens with zero attached hydrogens (tertiary/aromatic N) is 5. The van der Waals surface area contributed by atoms with Gasteiger partial charge in [0.1, 0.15) is 5.75 Å². The van der Waals surface area contributed by atoms with Gasteiger partial charge in [-0.1, -0.05) is 31.4 Å². The van der Waals surface area contributed by atoms with Gasteiger partial charge in [-0.2, -0.15) is 5.10 Å². The van der Waals surface area contributed by atoms with Crippen LogP contribution in [0.1, 0.15) is 65.3 Å². The molecular formula is C34H34F2N6O3. The summed E-state index contributed by atoms with van der Waals surface area (Å²) in [5.74, 6) is -1.39. The largest absolute Gasteiger partial charge is 0.481 e. The van der Waals surface area contributed by atoms with Crippen LogP contribution in [0, 0.1) is 17.6 Å². The minimum atomic E-state index is -0.967. The van der Waals surface area contributed by atoms with Crippen LogP contribution in [-0.4, -0.2) is 58.2 Å². The van der Waals surface area contributed by atoms with Crippen LogP contribution >= 0.6 is 0 Å². The third-order valence-electron chi connectivity index (χ3n) is 9.98. The molecule has 2 aromatic carbocycles. The van der Waals surface area contributed by atoms with Crippen molar-refractivity contribution in [2.45, 2.75) is 57.7 Å². The van der Waals surface area contributed by atoms with E-state index in [0.717, 1.165) is 90.7 Å². The van der Waals surface area contributed by atoms with Crippen molar-refractivity contribution in [3.05, 3.63) is 70.5 Å². The van der Waals surface area contributed by atoms with Crippen molar-refractivity contribution < 1.29 is 23.1 Å². The highest BCUT2D eigenvalue weighted by Crippen LogP contribution is 2.46. The Kier molecular flexibility index (Phi) is 6.81. The molecule has 0 bridgehead atoms. The van der Waals surface area contributed by atoms with Crippen molar-refractivity contribution in [3.8, 4) is 16.9 Å². The van der Waals surface area contributed by atoms with Crippen LogP contribution in [0.15, 0.2) is 36.5 Å². The van der Waals surface area contributed by atoms with Crippen molar-refractivity contribution >= 4 is 28.5 Å². The average Bonchev–Trinajstić information content (AvgIpc) is 3.37. The molecule has 0 spiro atoms. The standard InChI is InChI=1S/C34H34F2N6O3/c1-40-11-9-21(10-12-40)42-33-24(16-38-42)30-22-6-8-28-32(45-18-29(43)41(28)17-20-5-7-25(35)26(36)13-20)23(22)15-37-34(44)31(30)27(39-33)14-19-3-2-4-19/h5-8,13,16,19,21H,2-4,9-12,14-15,17-18H2,1H3,(H,37,44). The number of likely N-dealkylation sites (tertiary alicyclic amines) is 1. The van der Waals surface area contributed by atoms with E-state index in [4.69, 9.17) is 14.8 Å². The van der Waals surface area contributed by atoms with E-state index in [1.165, 1.54) is 17.4 Å². The van der Waals surface area contributed by atoms with Crippen molar-refractivity contribution in [3.63, 3.8) is 0 Å². The molecule has 11 heteroatoms. The normalized spacial score (nSPS) is 19.0. The first-order valence-corrected chi connectivity index (χ1v) is 15.8. The zero-order valence-corrected chi connectivity index (χ0v) is 25.1. The number of carbonyl (C=O) groups excluding carboxylic acids is 2. The molecule has 0 radical (unpaired) electrons. The van der Waals surface area contributed by atoms with Crippen molar-refractivity contribution in [1.29, 1.82) is 0 Å². The fraction of sp³-hybridized carbons (Fsp3) is 0.412. The van der Waals surface area contributed by atoms with Crippen LogP contribution < -0.4 is 15.0 Å². The van der Waals surface area contributed by atoms with Gasteiger partial charge in [0, 0.05) is 23.1 Å². The van der Waals surface area contributed by atoms with Crippen LogP contribution in [0.5, 0.6) is 5.75 Å². The molecule has 2 aromatic heterocycles. The molecule has 4 aliphatic rings. The monoisotopic (exact) mass is 612 g/mol. The highest BCUT2D eigenvalue weighted by Gasteiger charge is 2.35. The Morgan fingerprint density at radius 3 is 2.60 bits per heavy atom. The van der Waals surface area contributed by atoms with Gasteiger partial charge >= 0.3 is 0 Å². The molecule has 45 heavy (non-hydrogen) atoms. The van der Waals surface area contributed by atoms with Gasteiger partial charge < -0.3 is 19.9 Å². The number of aromatic nitrogens is 3. The quantitative estimate of drug-likeness (QED) is 0.335. The molecule has 1 saturated carbocycles. The number of ether oxygens (including phenoxy) is 1. The summed E-state index contributed by atoms with van der Waals surface area (Å²) in [6.07, 6.45) is 7.98. The van der Waals surface area contributed by atoms with Crippen molar-refractivity contribution in [2.24, 2.45) is 5.92 Å². The molecule has 8 rings (SSSR count). The lowest BCUT2D eigenvalue weighted by Crippen LogP contribution is -2.38. The second kappa shape index (κ2) is 10.9. The lowest BCUT2D eigenvalue weighted by molar-refractivity contribution is -0.121. The molecule has 9 nitrogen and oxygen atoms in total. The number of piperidine rings is 1. The third kappa shape index (κ3) is 4.75. The van der Waals surface area contributed by atoms with Gasteiger partial charge in [-0.25, -0.2) is 18.4 Å². The lowest BCUT2D eigenvalue weighted by Gasteiger charge is -2.31. The van der Waals surface area contributed by atoms with Gasteiger partial charge in [-0.15, -0.1) is 0 Å². The minimum Gasteiger partial charge on any atom is -0.481 e. The highest BCUT2D eigenvalue weighted by molar-refractivity contribution is 6.11. The zero-order valence-electron chi connectivity index (χ0n) is 25.1. The lowest BCUT2D eigenvalue weighted by atomic mass is 9.80. The molecule has 1 saturated heterocycles. The molecule has 1 aliphatic carbocycles. The highest BCUT2D eigenvalue weighted by atomic mass is 19.2. The Bertz CT molecular complexity index is 1860. The van der Waals surface area contributed by atoms with E-state index in [1.54, 1.807) is 0 Å². The van der Waals surface area contributed by atoms with E-state index in [2.05, 4.69) is 21.9 Å². The maximum atomic E-state index is 14.0. The summed E-state index contributed by atoms with van der Waals surface area (Å²) in [6, 6.07) is 7.62. The number of pyridine rings is 1. The van der Waals surface area contributed by atoms with E-state index in [0.29, 0.717) is 28.5 Å². The van der Waals surface area contributed by atoms with E-state index >= 15 is 0 Å². The molecule has 0 unspecified atom stereocenters. The molecule has 2 amide bonds. The number of nitrogens with one attached hydrogen (secondary N) is 1. The Morgan fingerprint density at radius 1 is 1.02 bits per heavy atom. The number of rotatable bonds is 5. The summed E-state index contributed by atoms with van der Waals surface area (Å²) in [5, 5.41) is 8.79. The smallest absolute Gasteiger partial charge is 0.265 e. The summed E-state index contributed by atoms with van der Waals surface area (Å²) < 4.78 is 35.8. The minimum absolute atomic E-state index is 0.0528. The number of hydrogen-bond acceptors (Lipinski definition) is 6. The number of anilines is 1. The predicted molar refractivity (Wildman–Crippen MR) is 164 cm³/mol. The van der Waals surface area contributed by atoms with E-state index in [9.17, 15) is 18.4 Å². The van der Waals surface area contributed by atoms with Gasteiger partial charge in [0.15, 0.2) is 23.9 Å². The van der Waals surface area contributed by atoms with Gasteiger partial charge in [-0.3, -0.25) is 9.59 Å². The first-order chi connectivity index (χ1) is 21.9. The molecule has 232 valence electrons. The maximum Gasteiger partial charge on any atom is 0.265 e. The average molecular weight is 613 g/mol. The predicted octanol–water partition coefficient (Wildman–Crippen LogP) is 5.15. The van der Waals surface area contributed by atoms with Crippen LogP contribution in [0.2, 0.25) is 0 Å². The zero-order chi connectivity index (χ0) is 30.8. The summed E-state index contributed by atoms with van der Waals surface area (Å²) in [7, 11) is 2.14. The fourth-order valence-electron chi connectivity index (χ4n) is 7.25. The number of halogens is 2. The number of carbonyl (C=O) groups is 2. The molecule has 3 aliphatic heterocycles. The summed E-state index contributed by atoms with van der Waals surface area (Å²) in [6.45, 7) is 2.02. The molecule has 2 fully saturated rings. The third-order valence-corrected chi connectivity index (χ3v) is 9.98. The molecule has 4 aromatic rings. The van der Waals surface area contributed by atoms with Crippen LogP contribution in [0.3, 0.4) is 0 Å². The number of hydrogen-bond donors (Lipinski definition) is 1. The fourth-order valence-corrected chi connectivity index (χ4v) is 7.25. The summed E-state index contributed by atoms with van der Waals surface area (Å²) >= 11 is 0. The molecule has 5 heterocycles. The van der Waals surface area contributed by atoms with E-state index < -0.39 is 11.6 Å². The number of benzene rings is 2. The summed E-state index contributed by atoms with van der Waals surface area (Å²) in [4.78, 5) is 36.0. The first-order valence-electron chi connectivity index (χ1n) is 15.8. The Hall–Kier alpha value is -4.38. The maximum absolute atomic E-state index is 14.0. The molecule has 1 N–H and O–H groups in total. The molecule has 0 atom stereocenters. The summed E-state index contributed by atoms with van der Waals surface area (Å²) in [5.41, 5.74) is 5.57. The van der Waals surface area contributed by atoms with Gasteiger partial charge in [-0.05, 0) is 74.6 Å². The number of amides is 2. The Balaban J connectivity index is 1.28.